The van der Waals surface area contributed by atoms with Crippen molar-refractivity contribution >= 4 is 35.5 Å². The van der Waals surface area contributed by atoms with Gasteiger partial charge in [0.2, 0.25) is 5.91 Å². The molecule has 1 aromatic carbocycles. The van der Waals surface area contributed by atoms with Crippen molar-refractivity contribution in [2.75, 3.05) is 25.3 Å². The zero-order chi connectivity index (χ0) is 16.6. The lowest BCUT2D eigenvalue weighted by molar-refractivity contribution is -0.150. The second kappa shape index (κ2) is 6.04. The maximum Gasteiger partial charge on any atom is 0.329 e. The number of benzene rings is 1. The van der Waals surface area contributed by atoms with Crippen molar-refractivity contribution < 1.29 is 23.9 Å². The van der Waals surface area contributed by atoms with Crippen LogP contribution >= 0.6 is 11.8 Å². The third-order valence-corrected chi connectivity index (χ3v) is 4.86. The number of esters is 1. The minimum Gasteiger partial charge on any atom is -0.467 e. The number of hydrogen-bond acceptors (Lipinski definition) is 6. The Morgan fingerprint density at radius 1 is 1.22 bits per heavy atom. The van der Waals surface area contributed by atoms with Crippen LogP contribution in [0.5, 0.6) is 0 Å². The van der Waals surface area contributed by atoms with E-state index >= 15 is 0 Å². The van der Waals surface area contributed by atoms with Gasteiger partial charge in [-0.15, -0.1) is 11.8 Å². The zero-order valence-electron chi connectivity index (χ0n) is 12.4. The maximum atomic E-state index is 12.4. The van der Waals surface area contributed by atoms with Gasteiger partial charge in [0, 0.05) is 5.75 Å². The number of imide groups is 1. The highest BCUT2D eigenvalue weighted by Crippen LogP contribution is 2.25. The summed E-state index contributed by atoms with van der Waals surface area (Å²) < 4.78 is 4.68. The van der Waals surface area contributed by atoms with Gasteiger partial charge in [-0.1, -0.05) is 12.1 Å². The van der Waals surface area contributed by atoms with Gasteiger partial charge in [0.1, 0.15) is 12.6 Å². The number of amides is 3. The van der Waals surface area contributed by atoms with E-state index in [-0.39, 0.29) is 6.54 Å². The fourth-order valence-electron chi connectivity index (χ4n) is 2.63. The van der Waals surface area contributed by atoms with Crippen molar-refractivity contribution in [3.05, 3.63) is 35.4 Å². The Bertz CT molecular complexity index is 670. The fourth-order valence-corrected chi connectivity index (χ4v) is 3.79. The van der Waals surface area contributed by atoms with Crippen molar-refractivity contribution in [2.45, 2.75) is 6.04 Å². The van der Waals surface area contributed by atoms with E-state index in [1.54, 1.807) is 24.3 Å². The van der Waals surface area contributed by atoms with Crippen molar-refractivity contribution in [3.63, 3.8) is 0 Å². The van der Waals surface area contributed by atoms with Gasteiger partial charge in [0.05, 0.1) is 24.1 Å². The third-order valence-electron chi connectivity index (χ3n) is 3.85. The molecule has 0 saturated carbocycles. The van der Waals surface area contributed by atoms with Crippen LogP contribution in [0.15, 0.2) is 24.3 Å². The minimum absolute atomic E-state index is 0.297. The highest BCUT2D eigenvalue weighted by atomic mass is 32.2. The first kappa shape index (κ1) is 15.5. The van der Waals surface area contributed by atoms with Crippen LogP contribution in [0.25, 0.3) is 0 Å². The number of carbonyl (C=O) groups is 4. The van der Waals surface area contributed by atoms with Gasteiger partial charge in [-0.2, -0.15) is 0 Å². The summed E-state index contributed by atoms with van der Waals surface area (Å²) in [6.45, 7) is -0.375. The number of hydrogen-bond donors (Lipinski definition) is 0. The molecule has 0 aromatic heterocycles. The van der Waals surface area contributed by atoms with Crippen molar-refractivity contribution in [1.82, 2.24) is 9.80 Å². The highest BCUT2D eigenvalue weighted by molar-refractivity contribution is 7.99. The number of thioether (sulfide) groups is 1. The van der Waals surface area contributed by atoms with Crippen molar-refractivity contribution in [2.24, 2.45) is 0 Å². The van der Waals surface area contributed by atoms with E-state index < -0.39 is 29.7 Å². The minimum atomic E-state index is -0.673. The van der Waals surface area contributed by atoms with Crippen molar-refractivity contribution in [1.29, 1.82) is 0 Å². The number of nitrogens with zero attached hydrogens (tertiary/aromatic N) is 2. The lowest BCUT2D eigenvalue weighted by Crippen LogP contribution is -2.47. The summed E-state index contributed by atoms with van der Waals surface area (Å²) in [4.78, 5) is 50.9. The molecular formula is C15H14N2O5S. The topological polar surface area (TPSA) is 84.0 Å². The summed E-state index contributed by atoms with van der Waals surface area (Å²) in [7, 11) is 1.26. The van der Waals surface area contributed by atoms with Crippen LogP contribution < -0.4 is 0 Å². The number of fused-ring (bicyclic) bond motifs is 1. The van der Waals surface area contributed by atoms with E-state index in [0.29, 0.717) is 22.8 Å². The summed E-state index contributed by atoms with van der Waals surface area (Å²) in [5.74, 6) is -1.13. The molecule has 1 aromatic rings. The molecule has 0 radical (unpaired) electrons. The van der Waals surface area contributed by atoms with Crippen LogP contribution in [0, 0.1) is 0 Å². The smallest absolute Gasteiger partial charge is 0.329 e. The van der Waals surface area contributed by atoms with Crippen LogP contribution in [0.2, 0.25) is 0 Å². The lowest BCUT2D eigenvalue weighted by atomic mass is 10.1. The molecule has 0 bridgehead atoms. The van der Waals surface area contributed by atoms with Crippen LogP contribution in [0.4, 0.5) is 0 Å². The molecule has 1 unspecified atom stereocenters. The summed E-state index contributed by atoms with van der Waals surface area (Å²) in [6.07, 6.45) is 0. The molecule has 23 heavy (non-hydrogen) atoms. The zero-order valence-corrected chi connectivity index (χ0v) is 13.2. The van der Waals surface area contributed by atoms with Crippen molar-refractivity contribution in [3.8, 4) is 0 Å². The Balaban J connectivity index is 1.75. The van der Waals surface area contributed by atoms with Gasteiger partial charge in [-0.25, -0.2) is 4.79 Å². The number of methoxy groups -OCH3 is 1. The predicted octanol–water partition coefficient (Wildman–Crippen LogP) is 0.357. The SMILES string of the molecule is COC(=O)C1CSCN1C(=O)CN1C(=O)c2ccccc2C1=O. The molecule has 1 atom stereocenters. The molecule has 0 N–H and O–H groups in total. The normalized spacial score (nSPS) is 20.0. The first-order valence-electron chi connectivity index (χ1n) is 6.95. The van der Waals surface area contributed by atoms with Gasteiger partial charge in [0.25, 0.3) is 11.8 Å². The maximum absolute atomic E-state index is 12.4. The lowest BCUT2D eigenvalue weighted by Gasteiger charge is -2.23. The molecule has 3 amide bonds. The molecule has 2 aliphatic heterocycles. The largest absolute Gasteiger partial charge is 0.467 e. The molecule has 2 heterocycles. The van der Waals surface area contributed by atoms with Crippen LogP contribution in [0.3, 0.4) is 0 Å². The molecule has 2 aliphatic rings. The predicted molar refractivity (Wildman–Crippen MR) is 81.8 cm³/mol. The van der Waals surface area contributed by atoms with Crippen LogP contribution in [0.1, 0.15) is 20.7 Å². The second-order valence-electron chi connectivity index (χ2n) is 5.14. The Labute approximate surface area is 136 Å². The standard InChI is InChI=1S/C15H14N2O5S/c1-22-15(21)11-7-23-8-17(11)12(18)6-16-13(19)9-4-2-3-5-10(9)14(16)20/h2-5,11H,6-8H2,1H3. The average molecular weight is 334 g/mol. The van der Waals surface area contributed by atoms with Crippen LogP contribution in [-0.2, 0) is 14.3 Å². The Morgan fingerprint density at radius 3 is 2.39 bits per heavy atom. The first-order chi connectivity index (χ1) is 11.0. The van der Waals surface area contributed by atoms with Crippen LogP contribution in [-0.4, -0.2) is 64.8 Å². The van der Waals surface area contributed by atoms with E-state index in [2.05, 4.69) is 4.74 Å². The summed E-state index contributed by atoms with van der Waals surface area (Å²) >= 11 is 1.43. The molecule has 0 spiro atoms. The highest BCUT2D eigenvalue weighted by Gasteiger charge is 2.40. The molecule has 7 nitrogen and oxygen atoms in total. The first-order valence-corrected chi connectivity index (χ1v) is 8.10. The van der Waals surface area contributed by atoms with E-state index in [9.17, 15) is 19.2 Å². The average Bonchev–Trinajstić information content (AvgIpc) is 3.14. The molecule has 0 aliphatic carbocycles. The summed E-state index contributed by atoms with van der Waals surface area (Å²) in [5, 5.41) is 0. The van der Waals surface area contributed by atoms with Gasteiger partial charge in [-0.05, 0) is 12.1 Å². The fraction of sp³-hybridized carbons (Fsp3) is 0.333. The van der Waals surface area contributed by atoms with Gasteiger partial charge >= 0.3 is 5.97 Å². The molecule has 1 saturated heterocycles. The summed E-state index contributed by atoms with van der Waals surface area (Å²) in [5.41, 5.74) is 0.594. The summed E-state index contributed by atoms with van der Waals surface area (Å²) in [6, 6.07) is 5.78. The van der Waals surface area contributed by atoms with Gasteiger partial charge in [0.15, 0.2) is 0 Å². The van der Waals surface area contributed by atoms with E-state index in [1.165, 1.54) is 23.8 Å². The molecule has 3 rings (SSSR count). The van der Waals surface area contributed by atoms with Gasteiger partial charge in [-0.3, -0.25) is 19.3 Å². The molecule has 8 heteroatoms. The molecular weight excluding hydrogens is 320 g/mol. The Hall–Kier alpha value is -2.35. The number of ether oxygens (including phenoxy) is 1. The van der Waals surface area contributed by atoms with E-state index in [4.69, 9.17) is 0 Å². The Kier molecular flexibility index (Phi) is 4.08. The van der Waals surface area contributed by atoms with Gasteiger partial charge < -0.3 is 9.64 Å². The monoisotopic (exact) mass is 334 g/mol. The third kappa shape index (κ3) is 2.59. The Morgan fingerprint density at radius 2 is 1.83 bits per heavy atom. The van der Waals surface area contributed by atoms with E-state index in [1.807, 2.05) is 0 Å². The molecule has 1 fully saturated rings. The molecule has 120 valence electrons. The quantitative estimate of drug-likeness (QED) is 0.586. The number of rotatable bonds is 3. The second-order valence-corrected chi connectivity index (χ2v) is 6.14. The number of carbonyl (C=O) groups excluding carboxylic acids is 4. The van der Waals surface area contributed by atoms with E-state index in [0.717, 1.165) is 4.90 Å².